The van der Waals surface area contributed by atoms with Crippen LogP contribution in [0.1, 0.15) is 37.3 Å². The molecule has 0 saturated carbocycles. The summed E-state index contributed by atoms with van der Waals surface area (Å²) in [5.41, 5.74) is 2.34. The van der Waals surface area contributed by atoms with E-state index in [0.717, 1.165) is 24.8 Å². The van der Waals surface area contributed by atoms with Gasteiger partial charge < -0.3 is 0 Å². The second kappa shape index (κ2) is 6.18. The van der Waals surface area contributed by atoms with Crippen LogP contribution in [-0.2, 0) is 32.7 Å². The van der Waals surface area contributed by atoms with Crippen molar-refractivity contribution in [1.82, 2.24) is 4.31 Å². The van der Waals surface area contributed by atoms with E-state index in [1.54, 1.807) is 12.1 Å². The van der Waals surface area contributed by atoms with Crippen LogP contribution in [0.25, 0.3) is 0 Å². The molecule has 0 radical (unpaired) electrons. The monoisotopic (exact) mass is 357 g/mol. The first-order valence-corrected chi connectivity index (χ1v) is 11.4. The van der Waals surface area contributed by atoms with Crippen molar-refractivity contribution >= 4 is 19.9 Å². The summed E-state index contributed by atoms with van der Waals surface area (Å²) in [4.78, 5) is 0.302. The van der Waals surface area contributed by atoms with Gasteiger partial charge >= 0.3 is 0 Å². The quantitative estimate of drug-likeness (QED) is 0.805. The molecular formula is C16H23NO4S2. The van der Waals surface area contributed by atoms with E-state index in [4.69, 9.17) is 0 Å². The van der Waals surface area contributed by atoms with Gasteiger partial charge in [-0.15, -0.1) is 0 Å². The van der Waals surface area contributed by atoms with E-state index in [1.807, 2.05) is 13.0 Å². The Morgan fingerprint density at radius 3 is 2.61 bits per heavy atom. The maximum atomic E-state index is 13.1. The Bertz CT molecular complexity index is 799. The first-order valence-electron chi connectivity index (χ1n) is 8.17. The van der Waals surface area contributed by atoms with Crippen molar-refractivity contribution in [2.24, 2.45) is 0 Å². The fraction of sp³-hybridized carbons (Fsp3) is 0.625. The molecule has 0 amide bonds. The average molecular weight is 357 g/mol. The summed E-state index contributed by atoms with van der Waals surface area (Å²) >= 11 is 0. The summed E-state index contributed by atoms with van der Waals surface area (Å²) < 4.78 is 51.0. The molecule has 1 aliphatic heterocycles. The molecule has 3 rings (SSSR count). The lowest BCUT2D eigenvalue weighted by Crippen LogP contribution is -2.41. The van der Waals surface area contributed by atoms with Crippen LogP contribution in [0, 0.1) is 0 Å². The number of rotatable bonds is 5. The fourth-order valence-electron chi connectivity index (χ4n) is 3.57. The zero-order chi connectivity index (χ0) is 16.7. The lowest BCUT2D eigenvalue weighted by atomic mass is 10.1. The molecule has 23 heavy (non-hydrogen) atoms. The largest absolute Gasteiger partial charge is 0.243 e. The van der Waals surface area contributed by atoms with Crippen LogP contribution in [0.4, 0.5) is 0 Å². The molecule has 0 bridgehead atoms. The van der Waals surface area contributed by atoms with Gasteiger partial charge in [0, 0.05) is 12.6 Å². The number of aryl methyl sites for hydroxylation is 2. The maximum Gasteiger partial charge on any atom is 0.243 e. The number of sulfonamides is 1. The Balaban J connectivity index is 1.94. The van der Waals surface area contributed by atoms with Crippen molar-refractivity contribution < 1.29 is 16.8 Å². The normalized spacial score (nSPS) is 23.3. The van der Waals surface area contributed by atoms with Crippen LogP contribution < -0.4 is 0 Å². The highest BCUT2D eigenvalue weighted by molar-refractivity contribution is 7.92. The average Bonchev–Trinajstić information content (AvgIpc) is 3.09. The van der Waals surface area contributed by atoms with E-state index >= 15 is 0 Å². The Morgan fingerprint density at radius 1 is 1.22 bits per heavy atom. The molecule has 1 aliphatic carbocycles. The maximum absolute atomic E-state index is 13.1. The van der Waals surface area contributed by atoms with Crippen molar-refractivity contribution in [3.05, 3.63) is 29.3 Å². The minimum atomic E-state index is -3.65. The molecule has 1 aromatic rings. The molecule has 1 atom stereocenters. The molecule has 5 nitrogen and oxygen atoms in total. The molecule has 0 aromatic heterocycles. The van der Waals surface area contributed by atoms with Crippen LogP contribution in [-0.4, -0.2) is 45.2 Å². The highest BCUT2D eigenvalue weighted by Gasteiger charge is 2.38. The highest BCUT2D eigenvalue weighted by Crippen LogP contribution is 2.29. The van der Waals surface area contributed by atoms with Gasteiger partial charge in [-0.3, -0.25) is 0 Å². The van der Waals surface area contributed by atoms with E-state index in [9.17, 15) is 16.8 Å². The number of benzene rings is 1. The first kappa shape index (κ1) is 16.9. The second-order valence-corrected chi connectivity index (χ2v) is 10.6. The Morgan fingerprint density at radius 2 is 1.96 bits per heavy atom. The minimum Gasteiger partial charge on any atom is -0.229 e. The third-order valence-electron chi connectivity index (χ3n) is 4.74. The van der Waals surface area contributed by atoms with E-state index in [2.05, 4.69) is 0 Å². The summed E-state index contributed by atoms with van der Waals surface area (Å²) in [6.45, 7) is 2.27. The molecule has 128 valence electrons. The lowest BCUT2D eigenvalue weighted by Gasteiger charge is -2.27. The van der Waals surface area contributed by atoms with Crippen molar-refractivity contribution in [2.75, 3.05) is 18.1 Å². The van der Waals surface area contributed by atoms with Gasteiger partial charge in [-0.25, -0.2) is 16.8 Å². The molecule has 1 saturated heterocycles. The molecule has 0 N–H and O–H groups in total. The van der Waals surface area contributed by atoms with Gasteiger partial charge in [-0.2, -0.15) is 4.31 Å². The second-order valence-electron chi connectivity index (χ2n) is 6.46. The summed E-state index contributed by atoms with van der Waals surface area (Å²) in [6, 6.07) is 4.93. The number of nitrogens with zero attached hydrogens (tertiary/aromatic N) is 1. The van der Waals surface area contributed by atoms with Crippen molar-refractivity contribution in [2.45, 2.75) is 50.0 Å². The van der Waals surface area contributed by atoms with Gasteiger partial charge in [0.15, 0.2) is 9.84 Å². The summed E-state index contributed by atoms with van der Waals surface area (Å²) in [6.07, 6.45) is 4.06. The Kier molecular flexibility index (Phi) is 4.55. The number of hydrogen-bond donors (Lipinski definition) is 0. The first-order chi connectivity index (χ1) is 10.8. The lowest BCUT2D eigenvalue weighted by molar-refractivity contribution is 0.340. The molecule has 1 aromatic carbocycles. The summed E-state index contributed by atoms with van der Waals surface area (Å²) in [5.74, 6) is 0.0226. The molecule has 0 unspecified atom stereocenters. The van der Waals surface area contributed by atoms with Gasteiger partial charge in [0.25, 0.3) is 0 Å². The third-order valence-corrected chi connectivity index (χ3v) is 8.43. The van der Waals surface area contributed by atoms with Gasteiger partial charge in [0.05, 0.1) is 16.4 Å². The standard InChI is InChI=1S/C16H23NO4S2/c1-2-9-17(15-8-10-22(18,19)12-15)23(20,21)16-7-6-13-4-3-5-14(13)11-16/h6-7,11,15H,2-5,8-10,12H2,1H3/t15-/m0/s1. The predicted molar refractivity (Wildman–Crippen MR) is 89.7 cm³/mol. The summed E-state index contributed by atoms with van der Waals surface area (Å²) in [5, 5.41) is 0. The highest BCUT2D eigenvalue weighted by atomic mass is 32.2. The molecule has 1 fully saturated rings. The summed E-state index contributed by atoms with van der Waals surface area (Å²) in [7, 11) is -6.77. The zero-order valence-electron chi connectivity index (χ0n) is 13.4. The fourth-order valence-corrected chi connectivity index (χ4v) is 7.19. The van der Waals surface area contributed by atoms with E-state index < -0.39 is 25.9 Å². The van der Waals surface area contributed by atoms with Crippen LogP contribution in [0.2, 0.25) is 0 Å². The molecule has 7 heteroatoms. The predicted octanol–water partition coefficient (Wildman–Crippen LogP) is 1.76. The van der Waals surface area contributed by atoms with E-state index in [-0.39, 0.29) is 11.5 Å². The Hall–Kier alpha value is -0.920. The topological polar surface area (TPSA) is 71.5 Å². The van der Waals surface area contributed by atoms with Crippen molar-refractivity contribution in [3.8, 4) is 0 Å². The number of fused-ring (bicyclic) bond motifs is 1. The van der Waals surface area contributed by atoms with Gasteiger partial charge in [-0.05, 0) is 55.4 Å². The van der Waals surface area contributed by atoms with Gasteiger partial charge in [0.2, 0.25) is 10.0 Å². The van der Waals surface area contributed by atoms with Gasteiger partial charge in [-0.1, -0.05) is 13.0 Å². The number of sulfone groups is 1. The van der Waals surface area contributed by atoms with Crippen molar-refractivity contribution in [3.63, 3.8) is 0 Å². The van der Waals surface area contributed by atoms with E-state index in [0.29, 0.717) is 24.3 Å². The molecule has 0 spiro atoms. The Labute approximate surface area is 138 Å². The van der Waals surface area contributed by atoms with Crippen molar-refractivity contribution in [1.29, 1.82) is 0 Å². The molecule has 2 aliphatic rings. The van der Waals surface area contributed by atoms with Crippen LogP contribution in [0.5, 0.6) is 0 Å². The smallest absolute Gasteiger partial charge is 0.229 e. The number of hydrogen-bond acceptors (Lipinski definition) is 4. The zero-order valence-corrected chi connectivity index (χ0v) is 15.0. The SMILES string of the molecule is CCCN([C@H]1CCS(=O)(=O)C1)S(=O)(=O)c1ccc2c(c1)CCC2. The van der Waals surface area contributed by atoms with Gasteiger partial charge in [0.1, 0.15) is 0 Å². The molecular weight excluding hydrogens is 334 g/mol. The van der Waals surface area contributed by atoms with E-state index in [1.165, 1.54) is 9.87 Å². The minimum absolute atomic E-state index is 0.0584. The third kappa shape index (κ3) is 3.32. The van der Waals surface area contributed by atoms with Crippen LogP contribution >= 0.6 is 0 Å². The molecule has 1 heterocycles. The van der Waals surface area contributed by atoms with Crippen LogP contribution in [0.3, 0.4) is 0 Å². The van der Waals surface area contributed by atoms with Crippen LogP contribution in [0.15, 0.2) is 23.1 Å².